The highest BCUT2D eigenvalue weighted by atomic mass is 79.9. The minimum absolute atomic E-state index is 0. The number of benzene rings is 2. The van der Waals surface area contributed by atoms with Gasteiger partial charge in [-0.05, 0) is 30.2 Å². The van der Waals surface area contributed by atoms with Crippen LogP contribution in [0.1, 0.15) is 95.1 Å². The second kappa shape index (κ2) is 19.3. The minimum Gasteiger partial charge on any atom is -1.00 e. The van der Waals surface area contributed by atoms with E-state index in [0.29, 0.717) is 6.42 Å². The van der Waals surface area contributed by atoms with Crippen LogP contribution in [-0.4, -0.2) is 29.9 Å². The summed E-state index contributed by atoms with van der Waals surface area (Å²) >= 11 is 1.83. The first-order valence-corrected chi connectivity index (χ1v) is 15.9. The highest BCUT2D eigenvalue weighted by molar-refractivity contribution is 8.02. The van der Waals surface area contributed by atoms with E-state index in [2.05, 4.69) is 37.0 Å². The molecule has 1 atom stereocenters. The maximum absolute atomic E-state index is 12.8. The third-order valence-electron chi connectivity index (χ3n) is 7.26. The monoisotopic (exact) mass is 616 g/mol. The Hall–Kier alpha value is -1.76. The molecule has 0 saturated heterocycles. The Bertz CT molecular complexity index is 982. The Kier molecular flexibility index (Phi) is 16.6. The van der Waals surface area contributed by atoms with Gasteiger partial charge in [0, 0.05) is 16.7 Å². The molecule has 0 saturated carbocycles. The van der Waals surface area contributed by atoms with Crippen molar-refractivity contribution in [2.75, 3.05) is 24.8 Å². The fourth-order valence-electron chi connectivity index (χ4n) is 4.93. The number of nitrogens with zero attached hydrogens (tertiary/aromatic N) is 1. The Labute approximate surface area is 252 Å². The fraction of sp³-hybridized carbons (Fsp3) is 0.545. The topological polar surface area (TPSA) is 38.3 Å². The van der Waals surface area contributed by atoms with Gasteiger partial charge < -0.3 is 27.0 Å². The van der Waals surface area contributed by atoms with E-state index in [-0.39, 0.29) is 22.9 Å². The molecule has 2 aromatic rings. The van der Waals surface area contributed by atoms with E-state index >= 15 is 0 Å². The Morgan fingerprint density at radius 3 is 2.10 bits per heavy atom. The van der Waals surface area contributed by atoms with Crippen LogP contribution in [0.15, 0.2) is 60.1 Å². The van der Waals surface area contributed by atoms with Gasteiger partial charge in [0.1, 0.15) is 24.4 Å². The maximum atomic E-state index is 12.8. The summed E-state index contributed by atoms with van der Waals surface area (Å²) in [5.74, 6) is 1.92. The normalized spacial score (nSPS) is 16.2. The van der Waals surface area contributed by atoms with Crippen LogP contribution >= 0.6 is 11.8 Å². The maximum Gasteiger partial charge on any atom is 0.228 e. The predicted molar refractivity (Wildman–Crippen MR) is 163 cm³/mol. The number of para-hydroxylation sites is 1. The quantitative estimate of drug-likeness (QED) is 0.154. The average molecular weight is 618 g/mol. The van der Waals surface area contributed by atoms with Crippen LogP contribution in [0.3, 0.4) is 0 Å². The van der Waals surface area contributed by atoms with E-state index < -0.39 is 0 Å². The Morgan fingerprint density at radius 2 is 1.49 bits per heavy atom. The number of anilines is 1. The van der Waals surface area contributed by atoms with Crippen LogP contribution in [0.5, 0.6) is 5.75 Å². The van der Waals surface area contributed by atoms with Crippen molar-refractivity contribution in [2.45, 2.75) is 96.9 Å². The van der Waals surface area contributed by atoms with Gasteiger partial charge >= 0.3 is 0 Å². The molecule has 0 fully saturated rings. The molecule has 1 amide bonds. The number of ether oxygens (including phenoxy) is 1. The van der Waals surface area contributed by atoms with Gasteiger partial charge in [0.15, 0.2) is 0 Å². The van der Waals surface area contributed by atoms with Gasteiger partial charge in [0.2, 0.25) is 5.91 Å². The molecule has 1 N–H and O–H groups in total. The first-order chi connectivity index (χ1) is 18.6. The van der Waals surface area contributed by atoms with E-state index in [1.807, 2.05) is 54.2 Å². The lowest BCUT2D eigenvalue weighted by atomic mass is 10.1. The fourth-order valence-corrected chi connectivity index (χ4v) is 5.91. The molecule has 0 spiro atoms. The van der Waals surface area contributed by atoms with Crippen molar-refractivity contribution >= 4 is 23.4 Å². The number of unbranched alkanes of at least 4 members (excludes halogenated alkanes) is 11. The van der Waals surface area contributed by atoms with Crippen molar-refractivity contribution in [1.29, 1.82) is 0 Å². The zero-order valence-electron chi connectivity index (χ0n) is 24.1. The molecule has 0 aliphatic carbocycles. The van der Waals surface area contributed by atoms with Crippen molar-refractivity contribution in [3.05, 3.63) is 71.3 Å². The van der Waals surface area contributed by atoms with Crippen LogP contribution < -0.4 is 27.0 Å². The molecule has 1 aliphatic rings. The molecule has 1 heterocycles. The molecular weight excluding hydrogens is 568 g/mol. The molecule has 2 aromatic carbocycles. The van der Waals surface area contributed by atoms with Gasteiger partial charge in [-0.3, -0.25) is 9.28 Å². The van der Waals surface area contributed by atoms with Crippen LogP contribution in [0.4, 0.5) is 5.69 Å². The smallest absolute Gasteiger partial charge is 0.228 e. The number of thioether (sulfide) groups is 1. The lowest BCUT2D eigenvalue weighted by Crippen LogP contribution is -3.00. The molecule has 1 aliphatic heterocycles. The number of hydrogen-bond acceptors (Lipinski definition) is 3. The molecule has 0 aromatic heterocycles. The van der Waals surface area contributed by atoms with Gasteiger partial charge in [-0.1, -0.05) is 120 Å². The highest BCUT2D eigenvalue weighted by Gasteiger charge is 2.24. The van der Waals surface area contributed by atoms with Crippen LogP contribution in [0, 0.1) is 0 Å². The van der Waals surface area contributed by atoms with Crippen LogP contribution in [-0.2, 0) is 17.8 Å². The number of nitrogens with one attached hydrogen (secondary N) is 1. The molecule has 3 rings (SSSR count). The molecule has 4 nitrogen and oxygen atoms in total. The number of hydrogen-bond donors (Lipinski definition) is 1. The molecule has 1 unspecified atom stereocenters. The summed E-state index contributed by atoms with van der Waals surface area (Å²) in [4.78, 5) is 12.8. The second-order valence-electron chi connectivity index (χ2n) is 11.0. The summed E-state index contributed by atoms with van der Waals surface area (Å²) in [6, 6.07) is 16.1. The third kappa shape index (κ3) is 13.4. The van der Waals surface area contributed by atoms with E-state index in [0.717, 1.165) is 52.5 Å². The lowest BCUT2D eigenvalue weighted by Gasteiger charge is -2.26. The van der Waals surface area contributed by atoms with Gasteiger partial charge in [0.25, 0.3) is 0 Å². The summed E-state index contributed by atoms with van der Waals surface area (Å²) < 4.78 is 6.78. The number of halogens is 1. The third-order valence-corrected chi connectivity index (χ3v) is 8.32. The largest absolute Gasteiger partial charge is 1.00 e. The summed E-state index contributed by atoms with van der Waals surface area (Å²) in [5, 5.41) is 5.29. The van der Waals surface area contributed by atoms with E-state index in [9.17, 15) is 4.79 Å². The average Bonchev–Trinajstić information content (AvgIpc) is 3.34. The molecule has 0 bridgehead atoms. The van der Waals surface area contributed by atoms with E-state index in [1.54, 1.807) is 0 Å². The highest BCUT2D eigenvalue weighted by Crippen LogP contribution is 2.28. The van der Waals surface area contributed by atoms with Crippen molar-refractivity contribution < 1.29 is 31.0 Å². The number of carbonyl (C=O) groups is 1. The SMILES string of the molecule is CCCCCCCCCCCCCCOc1ccc(CC(=O)Nc2ccccc2C[N+]2(C)C=CSC2)cc1.[Br-]. The Balaban J connectivity index is 0.00000533. The van der Waals surface area contributed by atoms with Gasteiger partial charge in [-0.2, -0.15) is 0 Å². The summed E-state index contributed by atoms with van der Waals surface area (Å²) in [7, 11) is 2.22. The summed E-state index contributed by atoms with van der Waals surface area (Å²) in [5.41, 5.74) is 3.07. The summed E-state index contributed by atoms with van der Waals surface area (Å²) in [6.45, 7) is 3.91. The van der Waals surface area contributed by atoms with Gasteiger partial charge in [0.05, 0.1) is 20.1 Å². The number of rotatable bonds is 19. The Morgan fingerprint density at radius 1 is 0.872 bits per heavy atom. The summed E-state index contributed by atoms with van der Waals surface area (Å²) in [6.07, 6.45) is 18.8. The van der Waals surface area contributed by atoms with Crippen molar-refractivity contribution in [3.63, 3.8) is 0 Å². The van der Waals surface area contributed by atoms with E-state index in [4.69, 9.17) is 4.74 Å². The number of carbonyl (C=O) groups excluding carboxylic acids is 1. The van der Waals surface area contributed by atoms with Crippen molar-refractivity contribution in [1.82, 2.24) is 0 Å². The molecular formula is C33H49BrN2O2S. The van der Waals surface area contributed by atoms with Crippen molar-refractivity contribution in [3.8, 4) is 5.75 Å². The minimum atomic E-state index is 0. The molecule has 0 radical (unpaired) electrons. The van der Waals surface area contributed by atoms with Crippen LogP contribution in [0.25, 0.3) is 0 Å². The second-order valence-corrected chi connectivity index (χ2v) is 11.8. The number of quaternary nitrogens is 1. The zero-order valence-corrected chi connectivity index (χ0v) is 26.5. The van der Waals surface area contributed by atoms with Gasteiger partial charge in [-0.25, -0.2) is 0 Å². The zero-order chi connectivity index (χ0) is 26.9. The first kappa shape index (κ1) is 33.4. The molecule has 39 heavy (non-hydrogen) atoms. The molecule has 6 heteroatoms. The van der Waals surface area contributed by atoms with Crippen molar-refractivity contribution in [2.24, 2.45) is 0 Å². The molecule has 216 valence electrons. The first-order valence-electron chi connectivity index (χ1n) is 14.8. The van der Waals surface area contributed by atoms with Gasteiger partial charge in [-0.15, -0.1) is 0 Å². The van der Waals surface area contributed by atoms with Crippen LogP contribution in [0.2, 0.25) is 0 Å². The lowest BCUT2D eigenvalue weighted by molar-refractivity contribution is -0.857. The predicted octanol–water partition coefficient (Wildman–Crippen LogP) is 6.07. The standard InChI is InChI=1S/C33H48N2O2S.BrH/c1-3-4-5-6-7-8-9-10-11-12-13-16-24-37-31-21-19-29(20-22-31)26-33(36)34-32-18-15-14-17-30(32)27-35(2)23-25-38-28-35;/h14-15,17-23,25H,3-13,16,24,26-28H2,1-2H3;1H. The number of amides is 1. The van der Waals surface area contributed by atoms with E-state index in [1.165, 1.54) is 70.6 Å².